The van der Waals surface area contributed by atoms with E-state index in [1.807, 2.05) is 30.3 Å². The van der Waals surface area contributed by atoms with Gasteiger partial charge in [0, 0.05) is 30.9 Å². The summed E-state index contributed by atoms with van der Waals surface area (Å²) >= 11 is 0. The third-order valence-electron chi connectivity index (χ3n) is 6.01. The summed E-state index contributed by atoms with van der Waals surface area (Å²) in [7, 11) is 0. The maximum atomic E-state index is 13.9. The van der Waals surface area contributed by atoms with Crippen molar-refractivity contribution in [2.45, 2.75) is 33.1 Å². The highest BCUT2D eigenvalue weighted by molar-refractivity contribution is 5.99. The Bertz CT molecular complexity index is 1340. The Morgan fingerprint density at radius 1 is 1.11 bits per heavy atom. The van der Waals surface area contributed by atoms with E-state index in [4.69, 9.17) is 0 Å². The maximum absolute atomic E-state index is 13.9. The fourth-order valence-electron chi connectivity index (χ4n) is 4.12. The topological polar surface area (TPSA) is 94.9 Å². The summed E-state index contributed by atoms with van der Waals surface area (Å²) < 4.78 is 28.4. The molecular weight excluding hydrogens is 458 g/mol. The highest BCUT2D eigenvalue weighted by atomic mass is 19.1. The molecule has 35 heavy (non-hydrogen) atoms. The quantitative estimate of drug-likeness (QED) is 0.564. The van der Waals surface area contributed by atoms with Crippen LogP contribution in [0.4, 0.5) is 8.78 Å². The van der Waals surface area contributed by atoms with Gasteiger partial charge < -0.3 is 15.3 Å². The summed E-state index contributed by atoms with van der Waals surface area (Å²) in [6.45, 7) is 3.95. The number of amides is 2. The molecule has 4 rings (SSSR count). The Hall–Kier alpha value is -4.21. The molecule has 0 unspecified atom stereocenters. The molecule has 1 atom stereocenters. The second-order valence-electron chi connectivity index (χ2n) is 8.14. The molecule has 0 radical (unpaired) electrons. The minimum atomic E-state index is -1.02. The van der Waals surface area contributed by atoms with Crippen LogP contribution in [0.5, 0.6) is 5.75 Å². The van der Waals surface area contributed by atoms with Crippen molar-refractivity contribution in [3.63, 3.8) is 0 Å². The van der Waals surface area contributed by atoms with Gasteiger partial charge in [-0.25, -0.2) is 8.78 Å². The van der Waals surface area contributed by atoms with Gasteiger partial charge in [-0.3, -0.25) is 24.1 Å². The Balaban J connectivity index is 1.73. The summed E-state index contributed by atoms with van der Waals surface area (Å²) in [5.74, 6) is -3.86. The Kier molecular flexibility index (Phi) is 6.54. The van der Waals surface area contributed by atoms with E-state index in [1.165, 1.54) is 21.8 Å². The largest absolute Gasteiger partial charge is 0.502 e. The van der Waals surface area contributed by atoms with E-state index in [0.29, 0.717) is 19.2 Å². The second kappa shape index (κ2) is 9.57. The van der Waals surface area contributed by atoms with Crippen LogP contribution < -0.4 is 15.8 Å². The lowest BCUT2D eigenvalue weighted by atomic mass is 10.1. The Morgan fingerprint density at radius 3 is 2.49 bits per heavy atom. The SMILES string of the molecule is CCN1C(=O)c2c(O)c(=O)c(C(=O)NCc3ccc(F)cc3F)cn2N(Cc2ccccc2)[C@H]1C. The van der Waals surface area contributed by atoms with Gasteiger partial charge in [0.2, 0.25) is 5.43 Å². The number of nitrogens with zero attached hydrogens (tertiary/aromatic N) is 3. The number of nitrogens with one attached hydrogen (secondary N) is 1. The molecule has 0 spiro atoms. The van der Waals surface area contributed by atoms with Gasteiger partial charge >= 0.3 is 0 Å². The number of hydrogen-bond donors (Lipinski definition) is 2. The number of aromatic nitrogens is 1. The lowest BCUT2D eigenvalue weighted by Crippen LogP contribution is -2.59. The number of halogens is 2. The normalized spacial score (nSPS) is 15.2. The molecule has 0 aliphatic carbocycles. The first-order valence-corrected chi connectivity index (χ1v) is 11.1. The van der Waals surface area contributed by atoms with E-state index >= 15 is 0 Å². The van der Waals surface area contributed by atoms with Crippen molar-refractivity contribution in [2.75, 3.05) is 11.6 Å². The predicted octanol–water partition coefficient (Wildman–Crippen LogP) is 2.72. The number of aromatic hydroxyl groups is 1. The summed E-state index contributed by atoms with van der Waals surface area (Å²) in [4.78, 5) is 40.3. The molecule has 0 bridgehead atoms. The Labute approximate surface area is 200 Å². The van der Waals surface area contributed by atoms with Gasteiger partial charge in [0.15, 0.2) is 11.4 Å². The maximum Gasteiger partial charge on any atom is 0.278 e. The lowest BCUT2D eigenvalue weighted by molar-refractivity contribution is 0.0597. The summed E-state index contributed by atoms with van der Waals surface area (Å²) in [6.07, 6.45) is 0.754. The van der Waals surface area contributed by atoms with Crippen LogP contribution in [-0.4, -0.2) is 39.2 Å². The molecule has 2 amide bonds. The summed E-state index contributed by atoms with van der Waals surface area (Å²) in [6, 6.07) is 12.3. The summed E-state index contributed by atoms with van der Waals surface area (Å²) in [5.41, 5.74) is -0.752. The molecule has 8 nitrogen and oxygen atoms in total. The van der Waals surface area contributed by atoms with Crippen molar-refractivity contribution in [1.82, 2.24) is 14.9 Å². The third-order valence-corrected chi connectivity index (χ3v) is 6.01. The molecule has 2 N–H and O–H groups in total. The fraction of sp³-hybridized carbons (Fsp3) is 0.240. The average Bonchev–Trinajstić information content (AvgIpc) is 2.83. The first-order valence-electron chi connectivity index (χ1n) is 11.1. The zero-order valence-electron chi connectivity index (χ0n) is 19.2. The van der Waals surface area contributed by atoms with E-state index in [-0.39, 0.29) is 17.8 Å². The van der Waals surface area contributed by atoms with E-state index < -0.39 is 46.4 Å². The molecule has 2 aromatic carbocycles. The third kappa shape index (κ3) is 4.46. The average molecular weight is 482 g/mol. The zero-order chi connectivity index (χ0) is 25.3. The van der Waals surface area contributed by atoms with Crippen LogP contribution >= 0.6 is 0 Å². The molecule has 0 saturated heterocycles. The van der Waals surface area contributed by atoms with Gasteiger partial charge in [0.25, 0.3) is 11.8 Å². The molecule has 0 fully saturated rings. The van der Waals surface area contributed by atoms with Gasteiger partial charge in [-0.2, -0.15) is 0 Å². The zero-order valence-corrected chi connectivity index (χ0v) is 19.2. The van der Waals surface area contributed by atoms with Crippen molar-refractivity contribution in [2.24, 2.45) is 0 Å². The minimum absolute atomic E-state index is 0.0233. The highest BCUT2D eigenvalue weighted by Crippen LogP contribution is 2.26. The molecule has 3 aromatic rings. The molecule has 10 heteroatoms. The smallest absolute Gasteiger partial charge is 0.278 e. The second-order valence-corrected chi connectivity index (χ2v) is 8.14. The number of pyridine rings is 1. The van der Waals surface area contributed by atoms with Crippen LogP contribution in [0.1, 0.15) is 45.8 Å². The molecule has 2 heterocycles. The van der Waals surface area contributed by atoms with E-state index in [2.05, 4.69) is 5.32 Å². The van der Waals surface area contributed by atoms with Crippen molar-refractivity contribution < 1.29 is 23.5 Å². The molecule has 182 valence electrons. The van der Waals surface area contributed by atoms with Gasteiger partial charge in [-0.05, 0) is 25.5 Å². The van der Waals surface area contributed by atoms with Gasteiger partial charge in [0.05, 0.1) is 6.54 Å². The minimum Gasteiger partial charge on any atom is -0.502 e. The van der Waals surface area contributed by atoms with E-state index in [9.17, 15) is 28.3 Å². The number of fused-ring (bicyclic) bond motifs is 1. The van der Waals surface area contributed by atoms with E-state index in [1.54, 1.807) is 18.9 Å². The highest BCUT2D eigenvalue weighted by Gasteiger charge is 2.38. The molecular formula is C25H24F2N4O4. The fourth-order valence-corrected chi connectivity index (χ4v) is 4.12. The number of benzene rings is 2. The number of carbonyl (C=O) groups is 2. The molecule has 1 aliphatic rings. The molecule has 1 aromatic heterocycles. The van der Waals surface area contributed by atoms with Crippen LogP contribution in [0.3, 0.4) is 0 Å². The predicted molar refractivity (Wildman–Crippen MR) is 124 cm³/mol. The number of carbonyl (C=O) groups excluding carboxylic acids is 2. The molecule has 0 saturated carbocycles. The van der Waals surface area contributed by atoms with Crippen LogP contribution in [0, 0.1) is 11.6 Å². The Morgan fingerprint density at radius 2 is 1.83 bits per heavy atom. The van der Waals surface area contributed by atoms with E-state index in [0.717, 1.165) is 11.6 Å². The van der Waals surface area contributed by atoms with Gasteiger partial charge in [-0.1, -0.05) is 36.4 Å². The number of rotatable bonds is 6. The van der Waals surface area contributed by atoms with Gasteiger partial charge in [-0.15, -0.1) is 0 Å². The van der Waals surface area contributed by atoms with Crippen LogP contribution in [0.25, 0.3) is 0 Å². The van der Waals surface area contributed by atoms with Crippen molar-refractivity contribution in [1.29, 1.82) is 0 Å². The first-order chi connectivity index (χ1) is 16.7. The van der Waals surface area contributed by atoms with Crippen molar-refractivity contribution >= 4 is 11.8 Å². The van der Waals surface area contributed by atoms with Crippen LogP contribution in [0.15, 0.2) is 59.5 Å². The van der Waals surface area contributed by atoms with Crippen LogP contribution in [0.2, 0.25) is 0 Å². The standard InChI is InChI=1S/C25H24F2N4O4/c1-3-29-15(2)30(13-16-7-5-4-6-8-16)31-14-19(22(32)23(33)21(31)25(29)35)24(34)28-12-17-9-10-18(26)11-20(17)27/h4-11,14-15,33H,3,12-13H2,1-2H3,(H,28,34)/t15-/m0/s1. The molecule has 1 aliphatic heterocycles. The summed E-state index contributed by atoms with van der Waals surface area (Å²) in [5, 5.41) is 14.9. The lowest BCUT2D eigenvalue weighted by Gasteiger charge is -2.45. The first kappa shape index (κ1) is 23.9. The van der Waals surface area contributed by atoms with Crippen molar-refractivity contribution in [3.8, 4) is 5.75 Å². The van der Waals surface area contributed by atoms with Gasteiger partial charge in [0.1, 0.15) is 23.4 Å². The van der Waals surface area contributed by atoms with Crippen LogP contribution in [-0.2, 0) is 13.1 Å². The number of hydrogen-bond acceptors (Lipinski definition) is 5. The van der Waals surface area contributed by atoms with Crippen molar-refractivity contribution in [3.05, 3.63) is 99.0 Å². The monoisotopic (exact) mass is 482 g/mol.